The minimum Gasteiger partial charge on any atom is -0.481 e. The summed E-state index contributed by atoms with van der Waals surface area (Å²) in [6.45, 7) is 2.47. The Kier molecular flexibility index (Phi) is 6.84. The molecule has 0 amide bonds. The largest absolute Gasteiger partial charge is 0.481 e. The fourth-order valence-electron chi connectivity index (χ4n) is 2.96. The van der Waals surface area contributed by atoms with Crippen molar-refractivity contribution < 1.29 is 19.4 Å². The van der Waals surface area contributed by atoms with Crippen molar-refractivity contribution in [3.8, 4) is 0 Å². The van der Waals surface area contributed by atoms with Gasteiger partial charge in [-0.2, -0.15) is 0 Å². The second-order valence-corrected chi connectivity index (χ2v) is 6.48. The molecule has 24 heavy (non-hydrogen) atoms. The highest BCUT2D eigenvalue weighted by molar-refractivity contribution is 7.98. The van der Waals surface area contributed by atoms with Gasteiger partial charge in [0.15, 0.2) is 5.16 Å². The molecule has 7 nitrogen and oxygen atoms in total. The van der Waals surface area contributed by atoms with E-state index in [1.54, 1.807) is 6.92 Å². The molecule has 2 atom stereocenters. The van der Waals surface area contributed by atoms with Gasteiger partial charge in [0, 0.05) is 12.7 Å². The fraction of sp³-hybridized carbons (Fsp3) is 0.625. The number of carboxylic acid groups (broad SMARTS) is 1. The highest BCUT2D eigenvalue weighted by atomic mass is 32.2. The van der Waals surface area contributed by atoms with Crippen LogP contribution in [0.5, 0.6) is 0 Å². The van der Waals surface area contributed by atoms with E-state index in [0.717, 1.165) is 19.3 Å². The van der Waals surface area contributed by atoms with Gasteiger partial charge < -0.3 is 15.2 Å². The second-order valence-electron chi connectivity index (χ2n) is 5.71. The van der Waals surface area contributed by atoms with Crippen molar-refractivity contribution >= 4 is 29.5 Å². The Balaban J connectivity index is 2.14. The molecule has 2 N–H and O–H groups in total. The summed E-state index contributed by atoms with van der Waals surface area (Å²) >= 11 is 1.38. The van der Waals surface area contributed by atoms with Crippen LogP contribution in [0, 0.1) is 11.8 Å². The zero-order valence-corrected chi connectivity index (χ0v) is 14.8. The Hall–Kier alpha value is -1.83. The normalized spacial score (nSPS) is 20.4. The Morgan fingerprint density at radius 2 is 2.17 bits per heavy atom. The number of nitrogens with one attached hydrogen (secondary N) is 1. The van der Waals surface area contributed by atoms with E-state index in [2.05, 4.69) is 15.3 Å². The molecule has 1 fully saturated rings. The molecule has 0 radical (unpaired) electrons. The Labute approximate surface area is 145 Å². The van der Waals surface area contributed by atoms with Gasteiger partial charge in [-0.25, -0.2) is 14.8 Å². The summed E-state index contributed by atoms with van der Waals surface area (Å²) in [7, 11) is 0. The van der Waals surface area contributed by atoms with E-state index in [-0.39, 0.29) is 24.0 Å². The molecule has 0 spiro atoms. The fourth-order valence-corrected chi connectivity index (χ4v) is 3.30. The van der Waals surface area contributed by atoms with E-state index < -0.39 is 11.9 Å². The van der Waals surface area contributed by atoms with Crippen LogP contribution in [0.1, 0.15) is 43.0 Å². The number of carbonyl (C=O) groups is 2. The summed E-state index contributed by atoms with van der Waals surface area (Å²) in [4.78, 5) is 31.9. The average molecular weight is 353 g/mol. The number of aromatic nitrogens is 2. The summed E-state index contributed by atoms with van der Waals surface area (Å²) in [5, 5.41) is 13.1. The highest BCUT2D eigenvalue weighted by Crippen LogP contribution is 2.30. The number of carboxylic acids is 1. The molecule has 1 saturated carbocycles. The quantitative estimate of drug-likeness (QED) is 0.438. The number of thioether (sulfide) groups is 1. The molecule has 1 aliphatic carbocycles. The van der Waals surface area contributed by atoms with Crippen LogP contribution in [0.3, 0.4) is 0 Å². The molecular formula is C16H23N3O4S. The molecule has 2 rings (SSSR count). The van der Waals surface area contributed by atoms with Crippen molar-refractivity contribution in [1.29, 1.82) is 0 Å². The Morgan fingerprint density at radius 3 is 2.83 bits per heavy atom. The summed E-state index contributed by atoms with van der Waals surface area (Å²) in [5.41, 5.74) is 0.275. The predicted molar refractivity (Wildman–Crippen MR) is 91.3 cm³/mol. The van der Waals surface area contributed by atoms with E-state index in [1.807, 2.05) is 6.26 Å². The molecular weight excluding hydrogens is 330 g/mol. The van der Waals surface area contributed by atoms with E-state index >= 15 is 0 Å². The van der Waals surface area contributed by atoms with Gasteiger partial charge in [-0.3, -0.25) is 4.79 Å². The number of anilines is 1. The Bertz CT molecular complexity index is 597. The number of aliphatic carboxylic acids is 1. The molecule has 0 unspecified atom stereocenters. The minimum absolute atomic E-state index is 0.0268. The lowest BCUT2D eigenvalue weighted by Crippen LogP contribution is -2.32. The minimum atomic E-state index is -0.750. The lowest BCUT2D eigenvalue weighted by atomic mass is 9.79. The summed E-state index contributed by atoms with van der Waals surface area (Å²) in [6.07, 6.45) is 6.84. The summed E-state index contributed by atoms with van der Waals surface area (Å²) in [5.74, 6) is -1.15. The summed E-state index contributed by atoms with van der Waals surface area (Å²) in [6, 6.07) is 0. The van der Waals surface area contributed by atoms with Crippen molar-refractivity contribution in [2.45, 2.75) is 37.8 Å². The lowest BCUT2D eigenvalue weighted by Gasteiger charge is -2.28. The van der Waals surface area contributed by atoms with Gasteiger partial charge in [0.1, 0.15) is 11.4 Å². The Morgan fingerprint density at radius 1 is 1.42 bits per heavy atom. The molecule has 0 aromatic carbocycles. The molecule has 1 aromatic heterocycles. The van der Waals surface area contributed by atoms with Crippen molar-refractivity contribution in [3.05, 3.63) is 11.8 Å². The lowest BCUT2D eigenvalue weighted by molar-refractivity contribution is -0.144. The molecule has 0 aliphatic heterocycles. The zero-order chi connectivity index (χ0) is 17.5. The van der Waals surface area contributed by atoms with Gasteiger partial charge in [0.2, 0.25) is 0 Å². The van der Waals surface area contributed by atoms with Gasteiger partial charge in [0.05, 0.1) is 12.5 Å². The molecule has 1 aromatic rings. The monoisotopic (exact) mass is 353 g/mol. The number of carbonyl (C=O) groups excluding carboxylic acids is 1. The number of hydrogen-bond acceptors (Lipinski definition) is 7. The van der Waals surface area contributed by atoms with E-state index in [9.17, 15) is 14.7 Å². The second kappa shape index (κ2) is 8.86. The van der Waals surface area contributed by atoms with Gasteiger partial charge in [-0.05, 0) is 31.9 Å². The number of nitrogens with zero attached hydrogens (tertiary/aromatic N) is 2. The van der Waals surface area contributed by atoms with Crippen LogP contribution < -0.4 is 5.32 Å². The van der Waals surface area contributed by atoms with Crippen molar-refractivity contribution in [1.82, 2.24) is 9.97 Å². The maximum Gasteiger partial charge on any atom is 0.343 e. The van der Waals surface area contributed by atoms with E-state index in [1.165, 1.54) is 18.0 Å². The topological polar surface area (TPSA) is 101 Å². The smallest absolute Gasteiger partial charge is 0.343 e. The number of hydrogen-bond donors (Lipinski definition) is 2. The molecule has 1 aliphatic rings. The van der Waals surface area contributed by atoms with E-state index in [0.29, 0.717) is 23.9 Å². The van der Waals surface area contributed by atoms with Crippen LogP contribution in [0.25, 0.3) is 0 Å². The van der Waals surface area contributed by atoms with Crippen molar-refractivity contribution in [2.75, 3.05) is 24.7 Å². The first-order chi connectivity index (χ1) is 11.6. The number of esters is 1. The van der Waals surface area contributed by atoms with Crippen LogP contribution in [0.15, 0.2) is 11.4 Å². The van der Waals surface area contributed by atoms with Crippen LogP contribution in [-0.4, -0.2) is 46.4 Å². The molecule has 132 valence electrons. The standard InChI is InChI=1S/C16H23N3O4S/c1-3-23-15(22)12-9-18-16(24-2)19-13(12)17-8-10-6-4-5-7-11(10)14(20)21/h9-11H,3-8H2,1-2H3,(H,20,21)(H,17,18,19)/t10-,11-/m0/s1. The van der Waals surface area contributed by atoms with Crippen molar-refractivity contribution in [2.24, 2.45) is 11.8 Å². The van der Waals surface area contributed by atoms with Crippen LogP contribution in [0.2, 0.25) is 0 Å². The number of rotatable bonds is 7. The van der Waals surface area contributed by atoms with Gasteiger partial charge in [-0.15, -0.1) is 0 Å². The van der Waals surface area contributed by atoms with E-state index in [4.69, 9.17) is 4.74 Å². The highest BCUT2D eigenvalue weighted by Gasteiger charge is 2.31. The van der Waals surface area contributed by atoms with Gasteiger partial charge >= 0.3 is 11.9 Å². The third-order valence-electron chi connectivity index (χ3n) is 4.20. The maximum atomic E-state index is 12.0. The molecule has 0 bridgehead atoms. The average Bonchev–Trinajstić information content (AvgIpc) is 2.60. The van der Waals surface area contributed by atoms with Crippen LogP contribution >= 0.6 is 11.8 Å². The summed E-state index contributed by atoms with van der Waals surface area (Å²) < 4.78 is 5.03. The van der Waals surface area contributed by atoms with Crippen LogP contribution in [0.4, 0.5) is 5.82 Å². The zero-order valence-electron chi connectivity index (χ0n) is 13.9. The first-order valence-corrected chi connectivity index (χ1v) is 9.34. The maximum absolute atomic E-state index is 12.0. The van der Waals surface area contributed by atoms with Gasteiger partial charge in [-0.1, -0.05) is 24.6 Å². The SMILES string of the molecule is CCOC(=O)c1cnc(SC)nc1NC[C@@H]1CCCC[C@@H]1C(=O)O. The number of ether oxygens (including phenoxy) is 1. The third kappa shape index (κ3) is 4.59. The van der Waals surface area contributed by atoms with Crippen molar-refractivity contribution in [3.63, 3.8) is 0 Å². The first kappa shape index (κ1) is 18.5. The molecule has 1 heterocycles. The van der Waals surface area contributed by atoms with Crippen LogP contribution in [-0.2, 0) is 9.53 Å². The molecule has 8 heteroatoms. The molecule has 0 saturated heterocycles. The third-order valence-corrected chi connectivity index (χ3v) is 4.76. The predicted octanol–water partition coefficient (Wildman–Crippen LogP) is 2.68. The van der Waals surface area contributed by atoms with Gasteiger partial charge in [0.25, 0.3) is 0 Å². The first-order valence-electron chi connectivity index (χ1n) is 8.11.